The minimum Gasteiger partial charge on any atom is -0.493 e. The predicted octanol–water partition coefficient (Wildman–Crippen LogP) is 6.56. The summed E-state index contributed by atoms with van der Waals surface area (Å²) in [4.78, 5) is 0. The molecular formula is C23H20OS. The molecule has 4 aromatic rings. The smallest absolute Gasteiger partial charge is 0.130 e. The van der Waals surface area contributed by atoms with Gasteiger partial charge in [-0.05, 0) is 51.4 Å². The summed E-state index contributed by atoms with van der Waals surface area (Å²) in [5.41, 5.74) is 5.11. The van der Waals surface area contributed by atoms with Gasteiger partial charge in [0.1, 0.15) is 5.75 Å². The van der Waals surface area contributed by atoms with E-state index in [-0.39, 0.29) is 0 Å². The lowest BCUT2D eigenvalue weighted by molar-refractivity contribution is 0.341. The minimum absolute atomic E-state index is 0.677. The van der Waals surface area contributed by atoms with Crippen LogP contribution < -0.4 is 4.74 Å². The van der Waals surface area contributed by atoms with Crippen LogP contribution in [0.15, 0.2) is 77.5 Å². The molecule has 4 rings (SSSR count). The van der Waals surface area contributed by atoms with Gasteiger partial charge < -0.3 is 4.74 Å². The van der Waals surface area contributed by atoms with Gasteiger partial charge in [0, 0.05) is 11.8 Å². The molecule has 1 aromatic heterocycles. The van der Waals surface area contributed by atoms with E-state index in [1.807, 2.05) is 6.92 Å². The summed E-state index contributed by atoms with van der Waals surface area (Å²) in [7, 11) is 0. The second-order valence-corrected chi connectivity index (χ2v) is 6.88. The third-order valence-electron chi connectivity index (χ3n) is 4.43. The van der Waals surface area contributed by atoms with Gasteiger partial charge in [0.25, 0.3) is 0 Å². The highest BCUT2D eigenvalue weighted by atomic mass is 32.1. The fourth-order valence-corrected chi connectivity index (χ4v) is 3.92. The summed E-state index contributed by atoms with van der Waals surface area (Å²) in [6.07, 6.45) is 0.873. The Morgan fingerprint density at radius 3 is 2.64 bits per heavy atom. The van der Waals surface area contributed by atoms with Crippen molar-refractivity contribution in [3.63, 3.8) is 0 Å². The zero-order valence-corrected chi connectivity index (χ0v) is 15.1. The van der Waals surface area contributed by atoms with Gasteiger partial charge in [-0.1, -0.05) is 60.7 Å². The van der Waals surface area contributed by atoms with E-state index in [1.165, 1.54) is 33.0 Å². The van der Waals surface area contributed by atoms with E-state index in [2.05, 4.69) is 77.5 Å². The van der Waals surface area contributed by atoms with Crippen LogP contribution in [0.5, 0.6) is 5.75 Å². The zero-order chi connectivity index (χ0) is 17.1. The van der Waals surface area contributed by atoms with Crippen molar-refractivity contribution in [3.8, 4) is 16.9 Å². The van der Waals surface area contributed by atoms with Crippen molar-refractivity contribution in [2.75, 3.05) is 6.61 Å². The van der Waals surface area contributed by atoms with Crippen molar-refractivity contribution >= 4 is 22.1 Å². The lowest BCUT2D eigenvalue weighted by Gasteiger charge is -2.14. The Balaban J connectivity index is 1.73. The van der Waals surface area contributed by atoms with Crippen molar-refractivity contribution in [1.29, 1.82) is 0 Å². The maximum absolute atomic E-state index is 6.03. The van der Waals surface area contributed by atoms with Gasteiger partial charge in [0.05, 0.1) is 6.61 Å². The first-order valence-corrected chi connectivity index (χ1v) is 9.54. The van der Waals surface area contributed by atoms with Crippen LogP contribution in [0.25, 0.3) is 21.9 Å². The average Bonchev–Trinajstić information content (AvgIpc) is 3.19. The Morgan fingerprint density at radius 1 is 0.880 bits per heavy atom. The zero-order valence-electron chi connectivity index (χ0n) is 14.2. The molecule has 0 spiro atoms. The van der Waals surface area contributed by atoms with Gasteiger partial charge >= 0.3 is 0 Å². The Labute approximate surface area is 152 Å². The number of rotatable bonds is 5. The first-order chi connectivity index (χ1) is 12.3. The Bertz CT molecular complexity index is 986. The summed E-state index contributed by atoms with van der Waals surface area (Å²) < 4.78 is 6.03. The lowest BCUT2D eigenvalue weighted by Crippen LogP contribution is -1.99. The predicted molar refractivity (Wildman–Crippen MR) is 108 cm³/mol. The first kappa shape index (κ1) is 15.9. The van der Waals surface area contributed by atoms with E-state index in [0.29, 0.717) is 6.61 Å². The van der Waals surface area contributed by atoms with Crippen LogP contribution in [0.4, 0.5) is 0 Å². The maximum Gasteiger partial charge on any atom is 0.130 e. The number of fused-ring (bicyclic) bond motifs is 1. The maximum atomic E-state index is 6.03. The van der Waals surface area contributed by atoms with Crippen molar-refractivity contribution in [3.05, 3.63) is 88.6 Å². The van der Waals surface area contributed by atoms with Crippen molar-refractivity contribution in [2.45, 2.75) is 13.3 Å². The SMILES string of the molecule is CCOc1c(Cc2cccc(-c3ccsc3)c2)ccc2ccccc12. The first-order valence-electron chi connectivity index (χ1n) is 8.60. The fourth-order valence-electron chi connectivity index (χ4n) is 3.25. The summed E-state index contributed by atoms with van der Waals surface area (Å²) >= 11 is 1.73. The molecule has 0 aliphatic rings. The van der Waals surface area contributed by atoms with Crippen LogP contribution in [-0.2, 0) is 6.42 Å². The Kier molecular flexibility index (Phi) is 4.53. The molecule has 25 heavy (non-hydrogen) atoms. The topological polar surface area (TPSA) is 9.23 Å². The van der Waals surface area contributed by atoms with Gasteiger partial charge in [-0.2, -0.15) is 11.3 Å². The van der Waals surface area contributed by atoms with Gasteiger partial charge in [0.2, 0.25) is 0 Å². The van der Waals surface area contributed by atoms with Gasteiger partial charge in [0.15, 0.2) is 0 Å². The summed E-state index contributed by atoms with van der Waals surface area (Å²) in [6, 6.07) is 23.8. The van der Waals surface area contributed by atoms with Crippen LogP contribution in [0.2, 0.25) is 0 Å². The van der Waals surface area contributed by atoms with Crippen molar-refractivity contribution in [2.24, 2.45) is 0 Å². The molecule has 1 heterocycles. The van der Waals surface area contributed by atoms with Crippen molar-refractivity contribution in [1.82, 2.24) is 0 Å². The molecule has 0 amide bonds. The number of hydrogen-bond donors (Lipinski definition) is 0. The molecule has 0 aliphatic heterocycles. The van der Waals surface area contributed by atoms with E-state index in [9.17, 15) is 0 Å². The quantitative estimate of drug-likeness (QED) is 0.398. The molecule has 0 unspecified atom stereocenters. The average molecular weight is 344 g/mol. The van der Waals surface area contributed by atoms with Gasteiger partial charge in [-0.15, -0.1) is 0 Å². The largest absolute Gasteiger partial charge is 0.493 e. The van der Waals surface area contributed by atoms with Crippen LogP contribution in [0.3, 0.4) is 0 Å². The van der Waals surface area contributed by atoms with Crippen LogP contribution in [0.1, 0.15) is 18.1 Å². The fraction of sp³-hybridized carbons (Fsp3) is 0.130. The van der Waals surface area contributed by atoms with E-state index < -0.39 is 0 Å². The van der Waals surface area contributed by atoms with Crippen LogP contribution in [-0.4, -0.2) is 6.61 Å². The molecule has 0 aliphatic carbocycles. The highest BCUT2D eigenvalue weighted by molar-refractivity contribution is 7.08. The van der Waals surface area contributed by atoms with Gasteiger partial charge in [-0.25, -0.2) is 0 Å². The second-order valence-electron chi connectivity index (χ2n) is 6.10. The molecule has 124 valence electrons. The molecule has 2 heteroatoms. The Hall–Kier alpha value is -2.58. The summed E-state index contributed by atoms with van der Waals surface area (Å²) in [5.74, 6) is 1.02. The molecule has 1 nitrogen and oxygen atoms in total. The molecule has 0 bridgehead atoms. The highest BCUT2D eigenvalue weighted by Gasteiger charge is 2.10. The highest BCUT2D eigenvalue weighted by Crippen LogP contribution is 2.32. The number of hydrogen-bond acceptors (Lipinski definition) is 2. The standard InChI is InChI=1S/C23H20OS/c1-2-24-23-20(11-10-18-7-3-4-9-22(18)23)15-17-6-5-8-19(14-17)21-12-13-25-16-21/h3-14,16H,2,15H2,1H3. The molecule has 0 N–H and O–H groups in total. The van der Waals surface area contributed by atoms with Crippen LogP contribution >= 0.6 is 11.3 Å². The van der Waals surface area contributed by atoms with Crippen molar-refractivity contribution < 1.29 is 4.74 Å². The summed E-state index contributed by atoms with van der Waals surface area (Å²) in [5, 5.41) is 6.73. The van der Waals surface area contributed by atoms with Crippen LogP contribution in [0, 0.1) is 0 Å². The number of thiophene rings is 1. The van der Waals surface area contributed by atoms with E-state index in [4.69, 9.17) is 4.74 Å². The molecule has 0 radical (unpaired) electrons. The van der Waals surface area contributed by atoms with E-state index >= 15 is 0 Å². The monoisotopic (exact) mass is 344 g/mol. The molecular weight excluding hydrogens is 324 g/mol. The minimum atomic E-state index is 0.677. The number of ether oxygens (including phenoxy) is 1. The third-order valence-corrected chi connectivity index (χ3v) is 5.11. The van der Waals surface area contributed by atoms with Gasteiger partial charge in [-0.3, -0.25) is 0 Å². The molecule has 3 aromatic carbocycles. The normalized spacial score (nSPS) is 10.9. The molecule has 0 saturated heterocycles. The molecule has 0 saturated carbocycles. The lowest BCUT2D eigenvalue weighted by atomic mass is 9.97. The van der Waals surface area contributed by atoms with E-state index in [1.54, 1.807) is 11.3 Å². The van der Waals surface area contributed by atoms with E-state index in [0.717, 1.165) is 12.2 Å². The molecule has 0 fully saturated rings. The Morgan fingerprint density at radius 2 is 1.80 bits per heavy atom. The second kappa shape index (κ2) is 7.12. The summed E-state index contributed by atoms with van der Waals surface area (Å²) in [6.45, 7) is 2.72. The number of benzene rings is 3. The molecule has 0 atom stereocenters. The third kappa shape index (κ3) is 3.31.